The maximum absolute atomic E-state index is 10.9. The lowest BCUT2D eigenvalue weighted by Crippen LogP contribution is -2.02. The Morgan fingerprint density at radius 1 is 0.929 bits per heavy atom. The van der Waals surface area contributed by atoms with Crippen molar-refractivity contribution in [1.82, 2.24) is 0 Å². The molecule has 0 heterocycles. The summed E-state index contributed by atoms with van der Waals surface area (Å²) in [6.45, 7) is 8.54. The zero-order valence-corrected chi connectivity index (χ0v) is 9.95. The molecule has 0 amide bonds. The van der Waals surface area contributed by atoms with Gasteiger partial charge in [-0.3, -0.25) is 0 Å². The van der Waals surface area contributed by atoms with Crippen LogP contribution in [0.2, 0.25) is 0 Å². The monoisotopic (exact) mass is 225 g/mol. The zero-order valence-electron chi connectivity index (χ0n) is 9.06. The summed E-state index contributed by atoms with van der Waals surface area (Å²) in [6.07, 6.45) is 0. The zero-order chi connectivity index (χ0) is 11.0. The topological polar surface area (TPSA) is 54.0 Å². The van der Waals surface area contributed by atoms with Crippen molar-refractivity contribution in [3.05, 3.63) is 0 Å². The Morgan fingerprint density at radius 2 is 1.29 bits per heavy atom. The van der Waals surface area contributed by atoms with Crippen molar-refractivity contribution < 1.29 is 23.7 Å². The Bertz CT molecular complexity index is 144. The van der Waals surface area contributed by atoms with E-state index in [-0.39, 0.29) is 0 Å². The lowest BCUT2D eigenvalue weighted by atomic mass is 10.2. The van der Waals surface area contributed by atoms with Crippen molar-refractivity contribution in [1.29, 1.82) is 0 Å². The van der Waals surface area contributed by atoms with Crippen molar-refractivity contribution >= 4 is 8.25 Å². The van der Waals surface area contributed by atoms with E-state index in [9.17, 15) is 4.57 Å². The van der Waals surface area contributed by atoms with Crippen LogP contribution in [0, 0.1) is 11.8 Å². The highest BCUT2D eigenvalue weighted by molar-refractivity contribution is 7.32. The van der Waals surface area contributed by atoms with E-state index in [1.807, 2.05) is 27.7 Å². The highest BCUT2D eigenvalue weighted by Gasteiger charge is 2.24. The van der Waals surface area contributed by atoms with Crippen molar-refractivity contribution in [2.45, 2.75) is 27.7 Å². The molecule has 0 rings (SSSR count). The van der Waals surface area contributed by atoms with E-state index in [4.69, 9.17) is 0 Å². The molecule has 0 N–H and O–H groups in total. The van der Waals surface area contributed by atoms with E-state index >= 15 is 0 Å². The van der Waals surface area contributed by atoms with Crippen molar-refractivity contribution in [2.75, 3.05) is 13.2 Å². The van der Waals surface area contributed by atoms with Gasteiger partial charge < -0.3 is 0 Å². The van der Waals surface area contributed by atoms with Crippen LogP contribution in [0.3, 0.4) is 0 Å². The molecule has 6 heteroatoms. The van der Waals surface area contributed by atoms with Gasteiger partial charge in [0.1, 0.15) is 0 Å². The molecular weight excluding hydrogens is 207 g/mol. The van der Waals surface area contributed by atoms with Gasteiger partial charge in [-0.25, -0.2) is 0 Å². The molecular formula is C8H18O5P+. The van der Waals surface area contributed by atoms with Crippen molar-refractivity contribution in [3.8, 4) is 0 Å². The fraction of sp³-hybridized carbons (Fsp3) is 1.00. The highest BCUT2D eigenvalue weighted by atomic mass is 31.1. The predicted molar refractivity (Wildman–Crippen MR) is 51.4 cm³/mol. The van der Waals surface area contributed by atoms with E-state index in [1.54, 1.807) is 0 Å². The average Bonchev–Trinajstić information content (AvgIpc) is 2.02. The summed E-state index contributed by atoms with van der Waals surface area (Å²) in [6, 6.07) is 0. The summed E-state index contributed by atoms with van der Waals surface area (Å²) in [5.41, 5.74) is 0. The molecule has 0 aliphatic rings. The van der Waals surface area contributed by atoms with Gasteiger partial charge in [0.25, 0.3) is 0 Å². The molecule has 5 nitrogen and oxygen atoms in total. The van der Waals surface area contributed by atoms with Crippen molar-refractivity contribution in [2.24, 2.45) is 11.8 Å². The molecule has 0 atom stereocenters. The second-order valence-electron chi connectivity index (χ2n) is 3.73. The summed E-state index contributed by atoms with van der Waals surface area (Å²) < 4.78 is 19.7. The lowest BCUT2D eigenvalue weighted by molar-refractivity contribution is -0.265. The normalized spacial score (nSPS) is 11.3. The van der Waals surface area contributed by atoms with E-state index in [0.717, 1.165) is 0 Å². The second kappa shape index (κ2) is 8.26. The summed E-state index contributed by atoms with van der Waals surface area (Å²) in [5.74, 6) is 0.630. The Labute approximate surface area is 85.5 Å². The largest absolute Gasteiger partial charge is 0.759 e. The van der Waals surface area contributed by atoms with Crippen LogP contribution in [0.4, 0.5) is 0 Å². The Hall–Kier alpha value is -0.0600. The van der Waals surface area contributed by atoms with Crippen LogP contribution in [0.15, 0.2) is 0 Å². The van der Waals surface area contributed by atoms with Gasteiger partial charge in [-0.05, 0) is 11.8 Å². The third kappa shape index (κ3) is 10.0. The molecule has 0 aromatic rings. The Balaban J connectivity index is 3.28. The van der Waals surface area contributed by atoms with Crippen molar-refractivity contribution in [3.63, 3.8) is 0 Å². The number of rotatable bonds is 8. The molecule has 0 aromatic carbocycles. The van der Waals surface area contributed by atoms with Crippen LogP contribution in [-0.2, 0) is 23.7 Å². The quantitative estimate of drug-likeness (QED) is 0.361. The lowest BCUT2D eigenvalue weighted by Gasteiger charge is -1.99. The van der Waals surface area contributed by atoms with Gasteiger partial charge in [-0.2, -0.15) is 9.78 Å². The van der Waals surface area contributed by atoms with E-state index < -0.39 is 8.25 Å². The number of hydrogen-bond acceptors (Lipinski definition) is 5. The minimum absolute atomic E-state index is 0.315. The standard InChI is InChI=1S/C8H18O5P/c1-7(2)5-10-12-14(9)13-11-6-8(3)4/h7-8H,5-6H2,1-4H3/q+1. The fourth-order valence-electron chi connectivity index (χ4n) is 0.432. The van der Waals surface area contributed by atoms with E-state index in [1.165, 1.54) is 0 Å². The summed E-state index contributed by atoms with van der Waals surface area (Å²) >= 11 is 0. The molecule has 0 bridgehead atoms. The molecule has 0 saturated carbocycles. The summed E-state index contributed by atoms with van der Waals surface area (Å²) in [5, 5.41) is 0. The van der Waals surface area contributed by atoms with Gasteiger partial charge in [-0.1, -0.05) is 27.7 Å². The minimum Gasteiger partial charge on any atom is -0.187 e. The molecule has 84 valence electrons. The maximum atomic E-state index is 10.9. The van der Waals surface area contributed by atoms with Gasteiger partial charge in [0, 0.05) is 4.57 Å². The van der Waals surface area contributed by atoms with Gasteiger partial charge in [-0.15, -0.1) is 0 Å². The predicted octanol–water partition coefficient (Wildman–Crippen LogP) is 2.85. The smallest absolute Gasteiger partial charge is 0.187 e. The first-order valence-corrected chi connectivity index (χ1v) is 5.68. The first-order valence-electron chi connectivity index (χ1n) is 4.58. The van der Waals surface area contributed by atoms with Gasteiger partial charge in [0.2, 0.25) is 0 Å². The van der Waals surface area contributed by atoms with Gasteiger partial charge in [0.15, 0.2) is 0 Å². The fourth-order valence-corrected chi connectivity index (χ4v) is 0.750. The first-order chi connectivity index (χ1) is 6.52. The molecule has 0 fully saturated rings. The van der Waals surface area contributed by atoms with E-state index in [0.29, 0.717) is 25.0 Å². The first kappa shape index (κ1) is 13.9. The van der Waals surface area contributed by atoms with Gasteiger partial charge in [0.05, 0.1) is 22.6 Å². The van der Waals surface area contributed by atoms with Crippen LogP contribution in [0.5, 0.6) is 0 Å². The molecule has 0 radical (unpaired) electrons. The van der Waals surface area contributed by atoms with Crippen LogP contribution >= 0.6 is 8.25 Å². The van der Waals surface area contributed by atoms with Crippen LogP contribution in [0.1, 0.15) is 27.7 Å². The van der Waals surface area contributed by atoms with E-state index in [2.05, 4.69) is 19.1 Å². The molecule has 14 heavy (non-hydrogen) atoms. The summed E-state index contributed by atoms with van der Waals surface area (Å²) in [4.78, 5) is 9.25. The second-order valence-corrected chi connectivity index (χ2v) is 4.47. The van der Waals surface area contributed by atoms with Gasteiger partial charge >= 0.3 is 8.25 Å². The maximum Gasteiger partial charge on any atom is 0.759 e. The minimum atomic E-state index is -2.34. The molecule has 0 aliphatic carbocycles. The average molecular weight is 225 g/mol. The SMILES string of the molecule is CC(C)COO[P+](=O)OOCC(C)C. The Kier molecular flexibility index (Phi) is 8.23. The third-order valence-corrected chi connectivity index (χ3v) is 1.48. The molecule has 0 spiro atoms. The Morgan fingerprint density at radius 3 is 1.57 bits per heavy atom. The number of hydrogen-bond donors (Lipinski definition) is 0. The highest BCUT2D eigenvalue weighted by Crippen LogP contribution is 2.24. The molecule has 0 aliphatic heterocycles. The molecule has 0 saturated heterocycles. The van der Waals surface area contributed by atoms with Crippen LogP contribution in [0.25, 0.3) is 0 Å². The third-order valence-electron chi connectivity index (χ3n) is 1.03. The summed E-state index contributed by atoms with van der Waals surface area (Å²) in [7, 11) is -2.34. The molecule has 0 unspecified atom stereocenters. The van der Waals surface area contributed by atoms with Crippen LogP contribution < -0.4 is 0 Å². The molecule has 0 aromatic heterocycles. The van der Waals surface area contributed by atoms with Crippen LogP contribution in [-0.4, -0.2) is 13.2 Å².